The molecule has 3 heterocycles. The van der Waals surface area contributed by atoms with Crippen LogP contribution in [-0.2, 0) is 6.54 Å². The molecule has 0 radical (unpaired) electrons. The summed E-state index contributed by atoms with van der Waals surface area (Å²) in [6.07, 6.45) is 7.26. The first kappa shape index (κ1) is 23.4. The van der Waals surface area contributed by atoms with Gasteiger partial charge in [0.2, 0.25) is 0 Å². The van der Waals surface area contributed by atoms with Crippen LogP contribution in [0.1, 0.15) is 17.0 Å². The first-order valence-corrected chi connectivity index (χ1v) is 11.5. The zero-order valence-electron chi connectivity index (χ0n) is 19.6. The van der Waals surface area contributed by atoms with Crippen LogP contribution < -0.4 is 5.32 Å². The predicted octanol–water partition coefficient (Wildman–Crippen LogP) is 4.82. The van der Waals surface area contributed by atoms with E-state index >= 15 is 0 Å². The van der Waals surface area contributed by atoms with Gasteiger partial charge in [-0.05, 0) is 31.2 Å². The molecule has 2 aromatic carbocycles. The molecule has 5 rings (SSSR count). The smallest absolute Gasteiger partial charge is 0.121 e. The molecule has 34 heavy (non-hydrogen) atoms. The Morgan fingerprint density at radius 3 is 2.71 bits per heavy atom. The number of nitrogens with one attached hydrogen (secondary N) is 1. The van der Waals surface area contributed by atoms with Crippen LogP contribution >= 0.6 is 15.9 Å². The summed E-state index contributed by atoms with van der Waals surface area (Å²) in [7, 11) is 6.43. The van der Waals surface area contributed by atoms with Crippen LogP contribution in [0.2, 0.25) is 0 Å². The molecule has 0 spiro atoms. The van der Waals surface area contributed by atoms with Gasteiger partial charge in [-0.1, -0.05) is 39.3 Å². The van der Waals surface area contributed by atoms with Gasteiger partial charge >= 0.3 is 0 Å². The molecule has 0 amide bonds. The Hall–Kier alpha value is -3.74. The summed E-state index contributed by atoms with van der Waals surface area (Å²) < 4.78 is 5.48. The minimum absolute atomic E-state index is 0.638. The van der Waals surface area contributed by atoms with Crippen molar-refractivity contribution in [3.8, 4) is 23.0 Å². The lowest BCUT2D eigenvalue weighted by Crippen LogP contribution is -2.34. The van der Waals surface area contributed by atoms with Gasteiger partial charge in [0, 0.05) is 28.1 Å². The van der Waals surface area contributed by atoms with Crippen LogP contribution in [-0.4, -0.2) is 50.2 Å². The molecule has 1 aliphatic heterocycles. The van der Waals surface area contributed by atoms with Gasteiger partial charge in [0.05, 0.1) is 56.3 Å². The first-order valence-electron chi connectivity index (χ1n) is 10.7. The maximum absolute atomic E-state index is 9.33. The Bertz CT molecular complexity index is 1380. The Morgan fingerprint density at radius 1 is 1.15 bits per heavy atom. The number of nitriles is 1. The third kappa shape index (κ3) is 5.09. The van der Waals surface area contributed by atoms with E-state index in [2.05, 4.69) is 63.8 Å². The van der Waals surface area contributed by atoms with E-state index in [0.717, 1.165) is 49.5 Å². The van der Waals surface area contributed by atoms with Crippen molar-refractivity contribution >= 4 is 27.8 Å². The SMILES string of the molecule is C1=Cn2nncc2-c2ccccc2N1.Cc1ncn(-c2ccc(Br)cc2C#N)c1C[N+](C)(C)C. The maximum atomic E-state index is 9.33. The van der Waals surface area contributed by atoms with Crippen molar-refractivity contribution in [1.82, 2.24) is 24.5 Å². The molecule has 0 fully saturated rings. The zero-order chi connectivity index (χ0) is 24.3. The molecule has 1 N–H and O–H groups in total. The number of quaternary nitrogens is 1. The zero-order valence-corrected chi connectivity index (χ0v) is 21.2. The van der Waals surface area contributed by atoms with Gasteiger partial charge in [-0.2, -0.15) is 5.26 Å². The van der Waals surface area contributed by atoms with Crippen LogP contribution in [0, 0.1) is 18.3 Å². The van der Waals surface area contributed by atoms with Crippen molar-refractivity contribution in [2.24, 2.45) is 0 Å². The topological polar surface area (TPSA) is 84.3 Å². The molecule has 172 valence electrons. The molecule has 0 saturated carbocycles. The van der Waals surface area contributed by atoms with E-state index < -0.39 is 0 Å². The Labute approximate surface area is 207 Å². The van der Waals surface area contributed by atoms with Crippen LogP contribution in [0.5, 0.6) is 0 Å². The number of imidazole rings is 1. The van der Waals surface area contributed by atoms with Crippen molar-refractivity contribution in [2.45, 2.75) is 13.5 Å². The molecule has 2 aromatic heterocycles. The van der Waals surface area contributed by atoms with Crippen molar-refractivity contribution in [3.05, 3.63) is 82.6 Å². The molecule has 9 heteroatoms. The monoisotopic (exact) mass is 517 g/mol. The van der Waals surface area contributed by atoms with E-state index in [1.54, 1.807) is 17.2 Å². The summed E-state index contributed by atoms with van der Waals surface area (Å²) in [5.74, 6) is 0. The van der Waals surface area contributed by atoms with Crippen LogP contribution in [0.15, 0.2) is 65.7 Å². The molecule has 8 nitrogen and oxygen atoms in total. The van der Waals surface area contributed by atoms with Gasteiger partial charge in [-0.15, -0.1) is 5.10 Å². The molecule has 0 unspecified atom stereocenters. The van der Waals surface area contributed by atoms with Crippen molar-refractivity contribution < 1.29 is 4.48 Å². The number of para-hydroxylation sites is 1. The van der Waals surface area contributed by atoms with Gasteiger partial charge in [-0.3, -0.25) is 4.57 Å². The summed E-state index contributed by atoms with van der Waals surface area (Å²) in [6.45, 7) is 2.86. The number of aromatic nitrogens is 5. The Morgan fingerprint density at radius 2 is 1.94 bits per heavy atom. The minimum atomic E-state index is 0.638. The van der Waals surface area contributed by atoms with Crippen molar-refractivity contribution in [2.75, 3.05) is 26.5 Å². The lowest BCUT2D eigenvalue weighted by Gasteiger charge is -2.25. The minimum Gasteiger partial charge on any atom is -0.360 e. The number of nitrogens with zero attached hydrogens (tertiary/aromatic N) is 7. The molecule has 1 aliphatic rings. The second-order valence-electron chi connectivity index (χ2n) is 8.94. The molecular weight excluding hydrogens is 492 g/mol. The van der Waals surface area contributed by atoms with Gasteiger partial charge in [0.15, 0.2) is 0 Å². The van der Waals surface area contributed by atoms with Crippen LogP contribution in [0.3, 0.4) is 0 Å². The van der Waals surface area contributed by atoms with Crippen molar-refractivity contribution in [1.29, 1.82) is 5.26 Å². The quantitative estimate of drug-likeness (QED) is 0.393. The second kappa shape index (κ2) is 9.63. The van der Waals surface area contributed by atoms with Gasteiger partial charge in [0.1, 0.15) is 18.3 Å². The number of rotatable bonds is 3. The van der Waals surface area contributed by atoms with E-state index in [1.807, 2.05) is 66.4 Å². The average molecular weight is 518 g/mol. The predicted molar refractivity (Wildman–Crippen MR) is 137 cm³/mol. The normalized spacial score (nSPS) is 11.9. The lowest BCUT2D eigenvalue weighted by molar-refractivity contribution is -0.884. The first-order chi connectivity index (χ1) is 16.3. The third-order valence-corrected chi connectivity index (χ3v) is 5.76. The van der Waals surface area contributed by atoms with E-state index in [0.29, 0.717) is 5.56 Å². The standard InChI is InChI=1S/C15H18BrN4.C10H8N4/c1-11-15(9-20(2,3)4)19(10-18-11)14-6-5-13(16)7-12(14)8-17;1-2-4-9-8(3-1)10-7-12-13-14(10)6-5-11-9/h5-7,10H,9H2,1-4H3;1-7,11H/q+1;. The number of aryl methyl sites for hydroxylation is 1. The van der Waals surface area contributed by atoms with E-state index in [1.165, 1.54) is 0 Å². The van der Waals surface area contributed by atoms with Crippen molar-refractivity contribution in [3.63, 3.8) is 0 Å². The molecule has 0 aliphatic carbocycles. The highest BCUT2D eigenvalue weighted by Gasteiger charge is 2.18. The second-order valence-corrected chi connectivity index (χ2v) is 9.85. The maximum Gasteiger partial charge on any atom is 0.121 e. The van der Waals surface area contributed by atoms with Crippen LogP contribution in [0.25, 0.3) is 23.1 Å². The van der Waals surface area contributed by atoms with E-state index in [9.17, 15) is 5.26 Å². The number of fused-ring (bicyclic) bond motifs is 3. The van der Waals surface area contributed by atoms with Crippen LogP contribution in [0.4, 0.5) is 5.69 Å². The molecule has 0 atom stereocenters. The summed E-state index contributed by atoms with van der Waals surface area (Å²) in [5, 5.41) is 20.3. The fourth-order valence-electron chi connectivity index (χ4n) is 3.69. The van der Waals surface area contributed by atoms with E-state index in [-0.39, 0.29) is 0 Å². The van der Waals surface area contributed by atoms with Gasteiger partial charge in [0.25, 0.3) is 0 Å². The number of benzene rings is 2. The highest BCUT2D eigenvalue weighted by atomic mass is 79.9. The Kier molecular flexibility index (Phi) is 6.63. The highest BCUT2D eigenvalue weighted by molar-refractivity contribution is 9.10. The average Bonchev–Trinajstić information content (AvgIpc) is 3.36. The summed E-state index contributed by atoms with van der Waals surface area (Å²) in [4.78, 5) is 4.41. The number of hydrogen-bond acceptors (Lipinski definition) is 5. The highest BCUT2D eigenvalue weighted by Crippen LogP contribution is 2.28. The Balaban J connectivity index is 0.000000170. The fourth-order valence-corrected chi connectivity index (χ4v) is 4.06. The lowest BCUT2D eigenvalue weighted by atomic mass is 10.1. The molecule has 4 aromatic rings. The molecule has 0 saturated heterocycles. The number of hydrogen-bond donors (Lipinski definition) is 1. The summed E-state index contributed by atoms with van der Waals surface area (Å²) in [5.41, 5.74) is 6.84. The van der Waals surface area contributed by atoms with Gasteiger partial charge in [-0.25, -0.2) is 9.67 Å². The largest absolute Gasteiger partial charge is 0.360 e. The third-order valence-electron chi connectivity index (χ3n) is 5.27. The molecule has 0 bridgehead atoms. The fraction of sp³-hybridized carbons (Fsp3) is 0.200. The molecular formula is C25H26BrN8+. The van der Waals surface area contributed by atoms with Gasteiger partial charge < -0.3 is 9.80 Å². The summed E-state index contributed by atoms with van der Waals surface area (Å²) in [6, 6.07) is 16.1. The number of anilines is 1. The number of halogens is 1. The summed E-state index contributed by atoms with van der Waals surface area (Å²) >= 11 is 3.40. The van der Waals surface area contributed by atoms with E-state index in [4.69, 9.17) is 0 Å².